The van der Waals surface area contributed by atoms with Gasteiger partial charge in [-0.15, -0.1) is 11.3 Å². The van der Waals surface area contributed by atoms with Gasteiger partial charge < -0.3 is 5.73 Å². The number of benzene rings is 1. The Kier molecular flexibility index (Phi) is 3.70. The van der Waals surface area contributed by atoms with Gasteiger partial charge in [-0.3, -0.25) is 0 Å². The Labute approximate surface area is 98.7 Å². The lowest BCUT2D eigenvalue weighted by atomic mass is 9.95. The predicted octanol–water partition coefficient (Wildman–Crippen LogP) is 3.17. The molecule has 0 aliphatic rings. The summed E-state index contributed by atoms with van der Waals surface area (Å²) in [7, 11) is 0. The number of hydrogen-bond donors (Lipinski definition) is 1. The number of rotatable bonds is 4. The zero-order valence-electron chi connectivity index (χ0n) is 8.90. The molecular formula is C13H14FNS. The Morgan fingerprint density at radius 3 is 2.62 bits per heavy atom. The van der Waals surface area contributed by atoms with Gasteiger partial charge in [-0.25, -0.2) is 4.39 Å². The van der Waals surface area contributed by atoms with E-state index in [1.54, 1.807) is 17.4 Å². The second kappa shape index (κ2) is 5.23. The molecule has 16 heavy (non-hydrogen) atoms. The summed E-state index contributed by atoms with van der Waals surface area (Å²) in [6.07, 6.45) is 0.815. The monoisotopic (exact) mass is 235 g/mol. The van der Waals surface area contributed by atoms with Crippen LogP contribution in [-0.4, -0.2) is 6.54 Å². The molecule has 1 unspecified atom stereocenters. The molecule has 0 aliphatic carbocycles. The van der Waals surface area contributed by atoms with Crippen molar-refractivity contribution in [3.8, 4) is 0 Å². The SMILES string of the molecule is NCC(Cc1cccs1)c1ccccc1F. The quantitative estimate of drug-likeness (QED) is 0.865. The molecule has 1 atom stereocenters. The van der Waals surface area contributed by atoms with Crippen LogP contribution < -0.4 is 5.73 Å². The van der Waals surface area contributed by atoms with Crippen molar-refractivity contribution in [2.45, 2.75) is 12.3 Å². The number of thiophene rings is 1. The highest BCUT2D eigenvalue weighted by Gasteiger charge is 2.14. The highest BCUT2D eigenvalue weighted by Crippen LogP contribution is 2.24. The van der Waals surface area contributed by atoms with Crippen molar-refractivity contribution >= 4 is 11.3 Å². The van der Waals surface area contributed by atoms with Crippen molar-refractivity contribution in [1.82, 2.24) is 0 Å². The number of hydrogen-bond acceptors (Lipinski definition) is 2. The van der Waals surface area contributed by atoms with Crippen LogP contribution in [0.2, 0.25) is 0 Å². The lowest BCUT2D eigenvalue weighted by Crippen LogP contribution is -2.15. The molecule has 2 rings (SSSR count). The van der Waals surface area contributed by atoms with Crippen LogP contribution in [0.5, 0.6) is 0 Å². The Hall–Kier alpha value is -1.19. The zero-order chi connectivity index (χ0) is 11.4. The summed E-state index contributed by atoms with van der Waals surface area (Å²) in [5.41, 5.74) is 6.45. The molecule has 84 valence electrons. The Morgan fingerprint density at radius 2 is 2.00 bits per heavy atom. The summed E-state index contributed by atoms with van der Waals surface area (Å²) in [5, 5.41) is 2.03. The first-order valence-corrected chi connectivity index (χ1v) is 6.16. The predicted molar refractivity (Wildman–Crippen MR) is 66.2 cm³/mol. The summed E-state index contributed by atoms with van der Waals surface area (Å²) < 4.78 is 13.6. The Morgan fingerprint density at radius 1 is 1.19 bits per heavy atom. The van der Waals surface area contributed by atoms with E-state index >= 15 is 0 Å². The van der Waals surface area contributed by atoms with E-state index in [0.29, 0.717) is 6.54 Å². The highest BCUT2D eigenvalue weighted by molar-refractivity contribution is 7.09. The minimum absolute atomic E-state index is 0.0693. The molecule has 0 saturated heterocycles. The van der Waals surface area contributed by atoms with Gasteiger partial charge in [0.1, 0.15) is 5.82 Å². The molecule has 1 aromatic carbocycles. The van der Waals surface area contributed by atoms with Crippen molar-refractivity contribution in [2.24, 2.45) is 5.73 Å². The Bertz CT molecular complexity index is 439. The van der Waals surface area contributed by atoms with E-state index in [-0.39, 0.29) is 11.7 Å². The lowest BCUT2D eigenvalue weighted by Gasteiger charge is -2.14. The summed E-state index contributed by atoms with van der Waals surface area (Å²) in [6.45, 7) is 0.471. The standard InChI is InChI=1S/C13H14FNS/c14-13-6-2-1-5-12(13)10(9-15)8-11-4-3-7-16-11/h1-7,10H,8-9,15H2. The Balaban J connectivity index is 2.20. The molecule has 1 heterocycles. The van der Waals surface area contributed by atoms with Crippen molar-refractivity contribution in [1.29, 1.82) is 0 Å². The summed E-state index contributed by atoms with van der Waals surface area (Å²) in [5.74, 6) is -0.0886. The smallest absolute Gasteiger partial charge is 0.126 e. The molecule has 0 spiro atoms. The molecule has 0 aliphatic heterocycles. The third kappa shape index (κ3) is 2.49. The molecule has 3 heteroatoms. The van der Waals surface area contributed by atoms with Gasteiger partial charge in [-0.05, 0) is 36.0 Å². The molecule has 1 aromatic heterocycles. The minimum atomic E-state index is -0.158. The van der Waals surface area contributed by atoms with Gasteiger partial charge >= 0.3 is 0 Å². The van der Waals surface area contributed by atoms with E-state index in [9.17, 15) is 4.39 Å². The van der Waals surface area contributed by atoms with Gasteiger partial charge in [-0.2, -0.15) is 0 Å². The van der Waals surface area contributed by atoms with Crippen LogP contribution in [0.4, 0.5) is 4.39 Å². The van der Waals surface area contributed by atoms with Gasteiger partial charge in [0.25, 0.3) is 0 Å². The molecule has 0 amide bonds. The maximum Gasteiger partial charge on any atom is 0.126 e. The van der Waals surface area contributed by atoms with Gasteiger partial charge in [-0.1, -0.05) is 24.3 Å². The van der Waals surface area contributed by atoms with Gasteiger partial charge in [0, 0.05) is 10.8 Å². The van der Waals surface area contributed by atoms with E-state index in [4.69, 9.17) is 5.73 Å². The molecule has 2 aromatic rings. The number of nitrogens with two attached hydrogens (primary N) is 1. The summed E-state index contributed by atoms with van der Waals surface area (Å²) in [4.78, 5) is 1.25. The van der Waals surface area contributed by atoms with Crippen LogP contribution in [0, 0.1) is 5.82 Å². The fraction of sp³-hybridized carbons (Fsp3) is 0.231. The molecule has 0 radical (unpaired) electrons. The normalized spacial score (nSPS) is 12.6. The maximum atomic E-state index is 13.6. The molecular weight excluding hydrogens is 221 g/mol. The van der Waals surface area contributed by atoms with E-state index in [2.05, 4.69) is 6.07 Å². The topological polar surface area (TPSA) is 26.0 Å². The molecule has 2 N–H and O–H groups in total. The van der Waals surface area contributed by atoms with Crippen LogP contribution in [0.25, 0.3) is 0 Å². The first-order chi connectivity index (χ1) is 7.81. The summed E-state index contributed by atoms with van der Waals surface area (Å²) >= 11 is 1.69. The van der Waals surface area contributed by atoms with Gasteiger partial charge in [0.15, 0.2) is 0 Å². The summed E-state index contributed by atoms with van der Waals surface area (Å²) in [6, 6.07) is 10.9. The zero-order valence-corrected chi connectivity index (χ0v) is 9.71. The molecule has 0 fully saturated rings. The van der Waals surface area contributed by atoms with Crippen LogP contribution in [0.15, 0.2) is 41.8 Å². The van der Waals surface area contributed by atoms with Crippen LogP contribution in [0.3, 0.4) is 0 Å². The van der Waals surface area contributed by atoms with Crippen LogP contribution >= 0.6 is 11.3 Å². The average Bonchev–Trinajstić information content (AvgIpc) is 2.80. The van der Waals surface area contributed by atoms with Crippen molar-refractivity contribution in [3.63, 3.8) is 0 Å². The highest BCUT2D eigenvalue weighted by atomic mass is 32.1. The van der Waals surface area contributed by atoms with Crippen molar-refractivity contribution in [3.05, 3.63) is 58.0 Å². The van der Waals surface area contributed by atoms with Crippen LogP contribution in [-0.2, 0) is 6.42 Å². The average molecular weight is 235 g/mol. The first kappa shape index (κ1) is 11.3. The largest absolute Gasteiger partial charge is 0.330 e. The van der Waals surface area contributed by atoms with E-state index in [1.807, 2.05) is 23.6 Å². The van der Waals surface area contributed by atoms with Gasteiger partial charge in [0.2, 0.25) is 0 Å². The second-order valence-corrected chi connectivity index (χ2v) is 4.77. The van der Waals surface area contributed by atoms with Crippen LogP contribution in [0.1, 0.15) is 16.4 Å². The molecule has 0 bridgehead atoms. The molecule has 1 nitrogen and oxygen atoms in total. The maximum absolute atomic E-state index is 13.6. The minimum Gasteiger partial charge on any atom is -0.330 e. The lowest BCUT2D eigenvalue weighted by molar-refractivity contribution is 0.577. The van der Waals surface area contributed by atoms with E-state index in [0.717, 1.165) is 12.0 Å². The fourth-order valence-corrected chi connectivity index (χ4v) is 2.58. The third-order valence-corrected chi connectivity index (χ3v) is 3.56. The number of halogens is 1. The fourth-order valence-electron chi connectivity index (χ4n) is 1.80. The second-order valence-electron chi connectivity index (χ2n) is 3.74. The van der Waals surface area contributed by atoms with Crippen molar-refractivity contribution < 1.29 is 4.39 Å². The van der Waals surface area contributed by atoms with Crippen molar-refractivity contribution in [2.75, 3.05) is 6.54 Å². The molecule has 0 saturated carbocycles. The van der Waals surface area contributed by atoms with E-state index < -0.39 is 0 Å². The van der Waals surface area contributed by atoms with Gasteiger partial charge in [0.05, 0.1) is 0 Å². The first-order valence-electron chi connectivity index (χ1n) is 5.28. The van der Waals surface area contributed by atoms with E-state index in [1.165, 1.54) is 10.9 Å². The third-order valence-electron chi connectivity index (χ3n) is 2.66.